The zero-order valence-electron chi connectivity index (χ0n) is 5.98. The number of hydrogen-bond acceptors (Lipinski definition) is 6. The summed E-state index contributed by atoms with van der Waals surface area (Å²) in [5.74, 6) is -0.712. The molecular formula is C5H7N5O2. The fourth-order valence-electron chi connectivity index (χ4n) is 0.674. The normalized spacial score (nSPS) is 9.42. The number of aromatic nitrogens is 2. The second-order valence-electron chi connectivity index (χ2n) is 2.01. The highest BCUT2D eigenvalue weighted by Crippen LogP contribution is 2.12. The summed E-state index contributed by atoms with van der Waals surface area (Å²) in [6.45, 7) is 0. The lowest BCUT2D eigenvalue weighted by atomic mass is 10.3. The first kappa shape index (κ1) is 8.21. The average Bonchev–Trinajstić information content (AvgIpc) is 2.03. The third-order valence-corrected chi connectivity index (χ3v) is 1.17. The number of nitrogens with zero attached hydrogens (tertiary/aromatic N) is 2. The lowest BCUT2D eigenvalue weighted by Crippen LogP contribution is -2.17. The second-order valence-corrected chi connectivity index (χ2v) is 2.01. The molecule has 0 atom stereocenters. The molecule has 7 nitrogen and oxygen atoms in total. The van der Waals surface area contributed by atoms with Crippen molar-refractivity contribution in [1.82, 2.24) is 10.2 Å². The van der Waals surface area contributed by atoms with Gasteiger partial charge in [0.1, 0.15) is 5.82 Å². The third-order valence-electron chi connectivity index (χ3n) is 1.17. The molecule has 0 aliphatic heterocycles. The van der Waals surface area contributed by atoms with Crippen molar-refractivity contribution in [1.29, 1.82) is 0 Å². The van der Waals surface area contributed by atoms with Gasteiger partial charge in [-0.2, -0.15) is 0 Å². The van der Waals surface area contributed by atoms with Gasteiger partial charge in [0, 0.05) is 6.07 Å². The van der Waals surface area contributed by atoms with E-state index in [-0.39, 0.29) is 17.2 Å². The Labute approximate surface area is 67.3 Å². The Bertz CT molecular complexity index is 313. The number of carbonyl (C=O) groups is 1. The molecular weight excluding hydrogens is 162 g/mol. The lowest BCUT2D eigenvalue weighted by Gasteiger charge is -2.02. The zero-order valence-corrected chi connectivity index (χ0v) is 5.98. The van der Waals surface area contributed by atoms with Crippen LogP contribution in [0.4, 0.5) is 11.5 Å². The van der Waals surface area contributed by atoms with Gasteiger partial charge >= 0.3 is 0 Å². The maximum atomic E-state index is 10.6. The molecule has 12 heavy (non-hydrogen) atoms. The summed E-state index contributed by atoms with van der Waals surface area (Å²) in [7, 11) is 0. The summed E-state index contributed by atoms with van der Waals surface area (Å²) in [4.78, 5) is 10.6. The van der Waals surface area contributed by atoms with E-state index in [2.05, 4.69) is 10.2 Å². The van der Waals surface area contributed by atoms with Crippen LogP contribution in [-0.2, 0) is 0 Å². The van der Waals surface area contributed by atoms with Gasteiger partial charge in [0.2, 0.25) is 0 Å². The number of nitrogens with one attached hydrogen (secondary N) is 1. The van der Waals surface area contributed by atoms with Gasteiger partial charge in [-0.15, -0.1) is 10.2 Å². The lowest BCUT2D eigenvalue weighted by molar-refractivity contribution is 0.0995. The van der Waals surface area contributed by atoms with Crippen LogP contribution >= 0.6 is 0 Å². The smallest absolute Gasteiger partial charge is 0.271 e. The van der Waals surface area contributed by atoms with Crippen molar-refractivity contribution in [2.45, 2.75) is 0 Å². The molecule has 0 saturated heterocycles. The van der Waals surface area contributed by atoms with Crippen molar-refractivity contribution in [2.24, 2.45) is 5.73 Å². The van der Waals surface area contributed by atoms with E-state index >= 15 is 0 Å². The average molecular weight is 169 g/mol. The number of primary amides is 1. The maximum Gasteiger partial charge on any atom is 0.271 e. The molecule has 0 fully saturated rings. The van der Waals surface area contributed by atoms with Gasteiger partial charge < -0.3 is 11.5 Å². The third kappa shape index (κ3) is 1.40. The molecule has 1 aromatic heterocycles. The van der Waals surface area contributed by atoms with E-state index in [4.69, 9.17) is 16.7 Å². The molecule has 6 N–H and O–H groups in total. The van der Waals surface area contributed by atoms with E-state index in [9.17, 15) is 4.79 Å². The van der Waals surface area contributed by atoms with Gasteiger partial charge in [0.15, 0.2) is 5.69 Å². The topological polar surface area (TPSA) is 127 Å². The van der Waals surface area contributed by atoms with Gasteiger partial charge in [-0.25, -0.2) is 0 Å². The van der Waals surface area contributed by atoms with Crippen LogP contribution in [0.5, 0.6) is 0 Å². The number of hydrogen-bond donors (Lipinski definition) is 4. The van der Waals surface area contributed by atoms with Crippen molar-refractivity contribution >= 4 is 17.4 Å². The SMILES string of the molecule is NC(=O)c1nnc(N)cc1NO. The van der Waals surface area contributed by atoms with Crippen LogP contribution in [0, 0.1) is 0 Å². The van der Waals surface area contributed by atoms with E-state index in [0.717, 1.165) is 0 Å². The Morgan fingerprint density at radius 1 is 1.58 bits per heavy atom. The van der Waals surface area contributed by atoms with Crippen LogP contribution in [0.25, 0.3) is 0 Å². The molecule has 1 heterocycles. The van der Waals surface area contributed by atoms with Crippen molar-refractivity contribution in [2.75, 3.05) is 11.2 Å². The molecule has 0 radical (unpaired) electrons. The van der Waals surface area contributed by atoms with Gasteiger partial charge in [0.25, 0.3) is 5.91 Å². The Morgan fingerprint density at radius 3 is 2.75 bits per heavy atom. The predicted molar refractivity (Wildman–Crippen MR) is 40.4 cm³/mol. The highest BCUT2D eigenvalue weighted by Gasteiger charge is 2.10. The number of nitrogen functional groups attached to an aromatic ring is 1. The van der Waals surface area contributed by atoms with E-state index in [0.29, 0.717) is 0 Å². The van der Waals surface area contributed by atoms with E-state index < -0.39 is 5.91 Å². The van der Waals surface area contributed by atoms with Crippen molar-refractivity contribution < 1.29 is 10.0 Å². The molecule has 0 aliphatic carbocycles. The van der Waals surface area contributed by atoms with Gasteiger partial charge in [-0.3, -0.25) is 15.5 Å². The van der Waals surface area contributed by atoms with Crippen LogP contribution in [0.3, 0.4) is 0 Å². The first-order valence-corrected chi connectivity index (χ1v) is 2.98. The standard InChI is InChI=1S/C5H7N5O2/c6-3-1-2(10-12)4(5(7)11)9-8-3/h1,12H,(H2,7,11)(H3,6,8,10). The molecule has 0 saturated carbocycles. The Balaban J connectivity index is 3.20. The number of carbonyl (C=O) groups excluding carboxylic acids is 1. The van der Waals surface area contributed by atoms with Crippen LogP contribution in [0.15, 0.2) is 6.07 Å². The molecule has 7 heteroatoms. The first-order valence-electron chi connectivity index (χ1n) is 2.98. The van der Waals surface area contributed by atoms with Gasteiger partial charge in [-0.05, 0) is 0 Å². The minimum atomic E-state index is -0.793. The number of anilines is 2. The summed E-state index contributed by atoms with van der Waals surface area (Å²) in [5.41, 5.74) is 11.7. The largest absolute Gasteiger partial charge is 0.382 e. The highest BCUT2D eigenvalue weighted by atomic mass is 16.5. The van der Waals surface area contributed by atoms with Gasteiger partial charge in [0.05, 0.1) is 5.69 Å². The van der Waals surface area contributed by atoms with Crippen molar-refractivity contribution in [3.63, 3.8) is 0 Å². The van der Waals surface area contributed by atoms with Crippen molar-refractivity contribution in [3.05, 3.63) is 11.8 Å². The summed E-state index contributed by atoms with van der Waals surface area (Å²) < 4.78 is 0. The molecule has 0 aliphatic rings. The maximum absolute atomic E-state index is 10.6. The van der Waals surface area contributed by atoms with E-state index in [1.54, 1.807) is 5.48 Å². The molecule has 0 aromatic carbocycles. The predicted octanol–water partition coefficient (Wildman–Crippen LogP) is -1.04. The minimum absolute atomic E-state index is 0.0370. The number of rotatable bonds is 2. The number of amides is 1. The summed E-state index contributed by atoms with van der Waals surface area (Å²) in [6.07, 6.45) is 0. The Morgan fingerprint density at radius 2 is 2.25 bits per heavy atom. The fourth-order valence-corrected chi connectivity index (χ4v) is 0.674. The number of nitrogens with two attached hydrogens (primary N) is 2. The quantitative estimate of drug-likeness (QED) is 0.418. The first-order chi connectivity index (χ1) is 5.65. The monoisotopic (exact) mass is 169 g/mol. The molecule has 1 rings (SSSR count). The van der Waals surface area contributed by atoms with Crippen LogP contribution in [0.1, 0.15) is 10.5 Å². The molecule has 0 bridgehead atoms. The van der Waals surface area contributed by atoms with Gasteiger partial charge in [-0.1, -0.05) is 0 Å². The highest BCUT2D eigenvalue weighted by molar-refractivity contribution is 5.96. The summed E-state index contributed by atoms with van der Waals surface area (Å²) >= 11 is 0. The molecule has 1 amide bonds. The minimum Gasteiger partial charge on any atom is -0.382 e. The van der Waals surface area contributed by atoms with E-state index in [1.165, 1.54) is 6.07 Å². The second kappa shape index (κ2) is 3.01. The molecule has 0 unspecified atom stereocenters. The fraction of sp³-hybridized carbons (Fsp3) is 0. The molecule has 64 valence electrons. The van der Waals surface area contributed by atoms with Crippen LogP contribution < -0.4 is 16.9 Å². The van der Waals surface area contributed by atoms with Crippen molar-refractivity contribution in [3.8, 4) is 0 Å². The molecule has 1 aromatic rings. The summed E-state index contributed by atoms with van der Waals surface area (Å²) in [6, 6.07) is 1.24. The Kier molecular flexibility index (Phi) is 2.06. The van der Waals surface area contributed by atoms with E-state index in [1.807, 2.05) is 0 Å². The summed E-state index contributed by atoms with van der Waals surface area (Å²) in [5, 5.41) is 15.3. The Hall–Kier alpha value is -1.89. The molecule has 0 spiro atoms. The zero-order chi connectivity index (χ0) is 9.14. The van der Waals surface area contributed by atoms with Crippen LogP contribution in [-0.4, -0.2) is 21.3 Å². The van der Waals surface area contributed by atoms with Crippen LogP contribution in [0.2, 0.25) is 0 Å².